The summed E-state index contributed by atoms with van der Waals surface area (Å²) in [5.74, 6) is 0. The van der Waals surface area contributed by atoms with Crippen LogP contribution in [0, 0.1) is 13.8 Å². The van der Waals surface area contributed by atoms with Crippen LogP contribution >= 0.6 is 0 Å². The molecule has 0 unspecified atom stereocenters. The van der Waals surface area contributed by atoms with Gasteiger partial charge in [-0.15, -0.1) is 0 Å². The number of nitrogens with zero attached hydrogens (tertiary/aromatic N) is 3. The van der Waals surface area contributed by atoms with Gasteiger partial charge in [0, 0.05) is 16.9 Å². The zero-order valence-electron chi connectivity index (χ0n) is 17.7. The Bertz CT molecular complexity index is 1260. The molecule has 2 aromatic heterocycles. The molecule has 0 atom stereocenters. The predicted octanol–water partition coefficient (Wildman–Crippen LogP) is 4.96. The molecule has 0 spiro atoms. The molecule has 3 heterocycles. The van der Waals surface area contributed by atoms with Gasteiger partial charge in [0.15, 0.2) is 0 Å². The van der Waals surface area contributed by atoms with Gasteiger partial charge in [0.05, 0.1) is 35.7 Å². The smallest absolute Gasteiger partial charge is 0.276 e. The van der Waals surface area contributed by atoms with Crippen LogP contribution in [-0.4, -0.2) is 14.8 Å². The van der Waals surface area contributed by atoms with E-state index in [1.807, 2.05) is 13.0 Å². The van der Waals surface area contributed by atoms with Crippen LogP contribution in [-0.2, 0) is 13.1 Å². The SMILES string of the molecule is CC1=CCCC=C1n1[nH]c2c(c1=O)CN(Cc1ccc(C)c(C)n1)c1ccccc1-2. The molecule has 0 bridgehead atoms. The molecular formula is C25H26N4O. The van der Waals surface area contributed by atoms with Crippen molar-refractivity contribution in [3.63, 3.8) is 0 Å². The molecule has 0 radical (unpaired) electrons. The standard InChI is InChI=1S/C25H26N4O/c1-16-12-13-19(26-18(16)3)14-28-15-21-24(20-9-5-7-11-23(20)28)27-29(25(21)30)22-10-6-4-8-17(22)2/h5,7-13,27H,4,6,14-15H2,1-3H3. The third kappa shape index (κ3) is 3.02. The van der Waals surface area contributed by atoms with Gasteiger partial charge in [0.25, 0.3) is 5.56 Å². The summed E-state index contributed by atoms with van der Waals surface area (Å²) in [5, 5.41) is 3.41. The Labute approximate surface area is 176 Å². The summed E-state index contributed by atoms with van der Waals surface area (Å²) in [4.78, 5) is 20.4. The van der Waals surface area contributed by atoms with E-state index in [0.29, 0.717) is 13.1 Å². The normalized spacial score (nSPS) is 15.4. The average molecular weight is 399 g/mol. The van der Waals surface area contributed by atoms with Crippen molar-refractivity contribution in [3.8, 4) is 11.3 Å². The number of hydrogen-bond donors (Lipinski definition) is 1. The maximum atomic E-state index is 13.4. The van der Waals surface area contributed by atoms with Gasteiger partial charge in [0.1, 0.15) is 0 Å². The number of pyridine rings is 1. The van der Waals surface area contributed by atoms with E-state index in [1.54, 1.807) is 4.68 Å². The largest absolute Gasteiger partial charge is 0.360 e. The number of anilines is 1. The number of H-pyrrole nitrogens is 1. The van der Waals surface area contributed by atoms with Crippen LogP contribution in [0.15, 0.2) is 58.9 Å². The second-order valence-corrected chi connectivity index (χ2v) is 8.24. The average Bonchev–Trinajstić information content (AvgIpc) is 3.08. The van der Waals surface area contributed by atoms with Crippen LogP contribution in [0.1, 0.15) is 42.3 Å². The molecule has 3 aromatic rings. The Morgan fingerprint density at radius 2 is 1.83 bits per heavy atom. The molecule has 0 saturated heterocycles. The number of rotatable bonds is 3. The zero-order valence-corrected chi connectivity index (χ0v) is 17.7. The van der Waals surface area contributed by atoms with E-state index in [4.69, 9.17) is 4.98 Å². The summed E-state index contributed by atoms with van der Waals surface area (Å²) in [5.41, 5.74) is 9.36. The number of aromatic nitrogens is 3. The molecule has 5 nitrogen and oxygen atoms in total. The Morgan fingerprint density at radius 1 is 1.03 bits per heavy atom. The molecule has 0 amide bonds. The van der Waals surface area contributed by atoms with Crippen molar-refractivity contribution in [2.75, 3.05) is 4.90 Å². The Morgan fingerprint density at radius 3 is 2.63 bits per heavy atom. The van der Waals surface area contributed by atoms with E-state index in [9.17, 15) is 4.79 Å². The van der Waals surface area contributed by atoms with Crippen molar-refractivity contribution in [1.29, 1.82) is 0 Å². The third-order valence-corrected chi connectivity index (χ3v) is 6.21. The minimum atomic E-state index is 0.0402. The van der Waals surface area contributed by atoms with Gasteiger partial charge in [-0.1, -0.05) is 36.4 Å². The van der Waals surface area contributed by atoms with Gasteiger partial charge in [-0.25, -0.2) is 4.68 Å². The fourth-order valence-electron chi connectivity index (χ4n) is 4.41. The lowest BCUT2D eigenvalue weighted by atomic mass is 9.99. The van der Waals surface area contributed by atoms with Gasteiger partial charge in [-0.2, -0.15) is 0 Å². The number of hydrogen-bond acceptors (Lipinski definition) is 3. The van der Waals surface area contributed by atoms with Gasteiger partial charge in [-0.3, -0.25) is 14.9 Å². The Kier molecular flexibility index (Phi) is 4.46. The maximum absolute atomic E-state index is 13.4. The number of fused-ring (bicyclic) bond motifs is 3. The quantitative estimate of drug-likeness (QED) is 0.679. The van der Waals surface area contributed by atoms with Crippen molar-refractivity contribution >= 4 is 11.4 Å². The fraction of sp³-hybridized carbons (Fsp3) is 0.280. The monoisotopic (exact) mass is 398 g/mol. The van der Waals surface area contributed by atoms with Crippen LogP contribution in [0.25, 0.3) is 17.0 Å². The molecule has 0 fully saturated rings. The first kappa shape index (κ1) is 18.7. The van der Waals surface area contributed by atoms with Crippen LogP contribution in [0.3, 0.4) is 0 Å². The lowest BCUT2D eigenvalue weighted by molar-refractivity contribution is 0.766. The maximum Gasteiger partial charge on any atom is 0.276 e. The Balaban J connectivity index is 1.59. The van der Waals surface area contributed by atoms with E-state index in [0.717, 1.165) is 58.0 Å². The van der Waals surface area contributed by atoms with Crippen molar-refractivity contribution in [1.82, 2.24) is 14.8 Å². The third-order valence-electron chi connectivity index (χ3n) is 6.21. The first-order chi connectivity index (χ1) is 14.5. The summed E-state index contributed by atoms with van der Waals surface area (Å²) >= 11 is 0. The number of benzene rings is 1. The van der Waals surface area contributed by atoms with Gasteiger partial charge < -0.3 is 4.90 Å². The topological polar surface area (TPSA) is 53.9 Å². The molecule has 1 aliphatic carbocycles. The van der Waals surface area contributed by atoms with E-state index in [-0.39, 0.29) is 5.56 Å². The highest BCUT2D eigenvalue weighted by molar-refractivity contribution is 5.82. The summed E-state index contributed by atoms with van der Waals surface area (Å²) in [6, 6.07) is 12.5. The van der Waals surface area contributed by atoms with Crippen molar-refractivity contribution in [2.24, 2.45) is 0 Å². The minimum absolute atomic E-state index is 0.0402. The van der Waals surface area contributed by atoms with E-state index >= 15 is 0 Å². The van der Waals surface area contributed by atoms with Crippen LogP contribution < -0.4 is 10.5 Å². The number of allylic oxidation sites excluding steroid dienone is 4. The summed E-state index contributed by atoms with van der Waals surface area (Å²) in [6.45, 7) is 7.43. The van der Waals surface area contributed by atoms with Crippen molar-refractivity contribution in [3.05, 3.63) is 87.0 Å². The second kappa shape index (κ2) is 7.17. The molecule has 30 heavy (non-hydrogen) atoms. The summed E-state index contributed by atoms with van der Waals surface area (Å²) in [6.07, 6.45) is 6.35. The first-order valence-electron chi connectivity index (χ1n) is 10.5. The zero-order chi connectivity index (χ0) is 20.8. The molecule has 152 valence electrons. The summed E-state index contributed by atoms with van der Waals surface area (Å²) in [7, 11) is 0. The molecule has 0 saturated carbocycles. The van der Waals surface area contributed by atoms with Crippen LogP contribution in [0.4, 0.5) is 5.69 Å². The van der Waals surface area contributed by atoms with Gasteiger partial charge in [-0.05, 0) is 56.9 Å². The lowest BCUT2D eigenvalue weighted by Crippen LogP contribution is -2.30. The predicted molar refractivity (Wildman–Crippen MR) is 121 cm³/mol. The molecule has 1 aliphatic heterocycles. The number of aryl methyl sites for hydroxylation is 2. The van der Waals surface area contributed by atoms with Crippen LogP contribution in [0.5, 0.6) is 0 Å². The molecule has 5 heteroatoms. The Hall–Kier alpha value is -3.34. The first-order valence-corrected chi connectivity index (χ1v) is 10.5. The molecule has 5 rings (SSSR count). The molecular weight excluding hydrogens is 372 g/mol. The molecule has 1 N–H and O–H groups in total. The lowest BCUT2D eigenvalue weighted by Gasteiger charge is -2.30. The summed E-state index contributed by atoms with van der Waals surface area (Å²) < 4.78 is 1.73. The highest BCUT2D eigenvalue weighted by atomic mass is 16.1. The second-order valence-electron chi connectivity index (χ2n) is 8.24. The van der Waals surface area contributed by atoms with Gasteiger partial charge in [0.2, 0.25) is 0 Å². The minimum Gasteiger partial charge on any atom is -0.360 e. The highest BCUT2D eigenvalue weighted by Crippen LogP contribution is 2.38. The number of para-hydroxylation sites is 1. The van der Waals surface area contributed by atoms with Crippen LogP contribution in [0.2, 0.25) is 0 Å². The van der Waals surface area contributed by atoms with Crippen molar-refractivity contribution < 1.29 is 0 Å². The van der Waals surface area contributed by atoms with Gasteiger partial charge >= 0.3 is 0 Å². The fourth-order valence-corrected chi connectivity index (χ4v) is 4.41. The number of nitrogens with one attached hydrogen (secondary N) is 1. The van der Waals surface area contributed by atoms with E-state index < -0.39 is 0 Å². The van der Waals surface area contributed by atoms with E-state index in [2.05, 4.69) is 66.3 Å². The van der Waals surface area contributed by atoms with E-state index in [1.165, 1.54) is 5.56 Å². The molecule has 1 aromatic carbocycles. The highest BCUT2D eigenvalue weighted by Gasteiger charge is 2.28. The van der Waals surface area contributed by atoms with Crippen molar-refractivity contribution in [2.45, 2.75) is 46.7 Å². The molecule has 2 aliphatic rings. The number of aromatic amines is 1.